The van der Waals surface area contributed by atoms with Gasteiger partial charge in [0, 0.05) is 31.2 Å². The number of carbonyl (C=O) groups excluding carboxylic acids is 1. The molecule has 21 heavy (non-hydrogen) atoms. The van der Waals surface area contributed by atoms with Gasteiger partial charge in [0.1, 0.15) is 11.6 Å². The van der Waals surface area contributed by atoms with E-state index in [2.05, 4.69) is 10.2 Å². The second-order valence-corrected chi connectivity index (χ2v) is 5.47. The highest BCUT2D eigenvalue weighted by molar-refractivity contribution is 7.98. The summed E-state index contributed by atoms with van der Waals surface area (Å²) >= 11 is 1.58. The molecule has 1 heterocycles. The third-order valence-corrected chi connectivity index (χ3v) is 4.14. The van der Waals surface area contributed by atoms with Gasteiger partial charge in [-0.25, -0.2) is 0 Å². The van der Waals surface area contributed by atoms with Gasteiger partial charge >= 0.3 is 0 Å². The highest BCUT2D eigenvalue weighted by atomic mass is 32.2. The average molecular weight is 306 g/mol. The summed E-state index contributed by atoms with van der Waals surface area (Å²) in [5.41, 5.74) is 6.25. The molecular weight excluding hydrogens is 288 g/mol. The lowest BCUT2D eigenvalue weighted by Crippen LogP contribution is -2.12. The van der Waals surface area contributed by atoms with Crippen LogP contribution < -0.4 is 10.5 Å². The fraction of sp³-hybridized carbons (Fsp3) is 0.357. The Morgan fingerprint density at radius 2 is 2.14 bits per heavy atom. The summed E-state index contributed by atoms with van der Waals surface area (Å²) in [5, 5.41) is 9.05. The third-order valence-electron chi connectivity index (χ3n) is 3.07. The van der Waals surface area contributed by atoms with E-state index in [4.69, 9.17) is 10.5 Å². The predicted molar refractivity (Wildman–Crippen MR) is 81.1 cm³/mol. The zero-order valence-corrected chi connectivity index (χ0v) is 12.9. The number of nitrogens with two attached hydrogens (primary N) is 1. The lowest BCUT2D eigenvalue weighted by molar-refractivity contribution is -0.118. The van der Waals surface area contributed by atoms with Crippen molar-refractivity contribution in [2.24, 2.45) is 12.8 Å². The molecule has 1 amide bonds. The first kappa shape index (κ1) is 15.4. The van der Waals surface area contributed by atoms with E-state index in [1.807, 2.05) is 35.9 Å². The molecule has 1 aromatic carbocycles. The number of benzene rings is 1. The van der Waals surface area contributed by atoms with Gasteiger partial charge in [-0.2, -0.15) is 0 Å². The van der Waals surface area contributed by atoms with Crippen molar-refractivity contribution in [1.29, 1.82) is 0 Å². The van der Waals surface area contributed by atoms with Crippen LogP contribution >= 0.6 is 11.8 Å². The van der Waals surface area contributed by atoms with E-state index in [-0.39, 0.29) is 12.3 Å². The molecule has 0 radical (unpaired) electrons. The molecule has 6 nitrogen and oxygen atoms in total. The Morgan fingerprint density at radius 1 is 1.38 bits per heavy atom. The van der Waals surface area contributed by atoms with E-state index >= 15 is 0 Å². The van der Waals surface area contributed by atoms with Crippen molar-refractivity contribution in [3.05, 3.63) is 35.7 Å². The van der Waals surface area contributed by atoms with Gasteiger partial charge in [-0.15, -0.1) is 10.2 Å². The van der Waals surface area contributed by atoms with Crippen molar-refractivity contribution in [1.82, 2.24) is 14.8 Å². The number of amides is 1. The number of primary amides is 1. The summed E-state index contributed by atoms with van der Waals surface area (Å²) in [6.07, 6.45) is 0.789. The maximum atomic E-state index is 10.8. The van der Waals surface area contributed by atoms with E-state index < -0.39 is 0 Å². The van der Waals surface area contributed by atoms with Crippen LogP contribution in [0.2, 0.25) is 0 Å². The maximum absolute atomic E-state index is 10.8. The van der Waals surface area contributed by atoms with Gasteiger partial charge in [-0.3, -0.25) is 4.79 Å². The quantitative estimate of drug-likeness (QED) is 0.784. The van der Waals surface area contributed by atoms with Gasteiger partial charge in [-0.1, -0.05) is 30.0 Å². The minimum Gasteiger partial charge on any atom is -0.496 e. The van der Waals surface area contributed by atoms with Crippen LogP contribution in [0.5, 0.6) is 5.75 Å². The maximum Gasteiger partial charge on any atom is 0.217 e. The van der Waals surface area contributed by atoms with Crippen LogP contribution in [-0.4, -0.2) is 27.8 Å². The molecular formula is C14H18N4O2S. The molecule has 0 aliphatic carbocycles. The number of ether oxygens (including phenoxy) is 1. The Kier molecular flexibility index (Phi) is 5.21. The summed E-state index contributed by atoms with van der Waals surface area (Å²) in [4.78, 5) is 10.8. The molecule has 0 aliphatic heterocycles. The van der Waals surface area contributed by atoms with Crippen LogP contribution in [0.1, 0.15) is 17.8 Å². The van der Waals surface area contributed by atoms with Gasteiger partial charge < -0.3 is 15.0 Å². The number of rotatable bonds is 7. The molecule has 0 unspecified atom stereocenters. The van der Waals surface area contributed by atoms with Crippen LogP contribution in [0.25, 0.3) is 0 Å². The largest absolute Gasteiger partial charge is 0.496 e. The number of methoxy groups -OCH3 is 1. The molecule has 112 valence electrons. The zero-order chi connectivity index (χ0) is 15.2. The lowest BCUT2D eigenvalue weighted by Gasteiger charge is -2.07. The number of nitrogens with zero attached hydrogens (tertiary/aromatic N) is 3. The van der Waals surface area contributed by atoms with Gasteiger partial charge in [0.05, 0.1) is 7.11 Å². The van der Waals surface area contributed by atoms with Crippen molar-refractivity contribution in [3.8, 4) is 5.75 Å². The Labute approximate surface area is 127 Å². The molecule has 0 bridgehead atoms. The Bertz CT molecular complexity index is 627. The monoisotopic (exact) mass is 306 g/mol. The Morgan fingerprint density at radius 3 is 2.86 bits per heavy atom. The standard InChI is InChI=1S/C14H18N4O2S/c1-18-13(8-7-12(15)19)16-17-14(18)21-9-10-5-3-4-6-11(10)20-2/h3-6H,7-9H2,1-2H3,(H2,15,19). The second-order valence-electron chi connectivity index (χ2n) is 4.52. The van der Waals surface area contributed by atoms with Crippen molar-refractivity contribution < 1.29 is 9.53 Å². The fourth-order valence-corrected chi connectivity index (χ4v) is 2.81. The summed E-state index contributed by atoms with van der Waals surface area (Å²) in [5.74, 6) is 2.03. The molecule has 7 heteroatoms. The van der Waals surface area contributed by atoms with Gasteiger partial charge in [-0.05, 0) is 6.07 Å². The number of aryl methyl sites for hydroxylation is 1. The van der Waals surface area contributed by atoms with E-state index in [1.165, 1.54) is 0 Å². The first-order valence-electron chi connectivity index (χ1n) is 6.53. The average Bonchev–Trinajstić information content (AvgIpc) is 2.83. The number of hydrogen-bond donors (Lipinski definition) is 1. The normalized spacial score (nSPS) is 10.6. The minimum absolute atomic E-state index is 0.281. The molecule has 0 fully saturated rings. The topological polar surface area (TPSA) is 83.0 Å². The highest BCUT2D eigenvalue weighted by Crippen LogP contribution is 2.26. The molecule has 0 spiro atoms. The van der Waals surface area contributed by atoms with Gasteiger partial charge in [0.2, 0.25) is 5.91 Å². The number of thioether (sulfide) groups is 1. The molecule has 0 aliphatic rings. The summed E-state index contributed by atoms with van der Waals surface area (Å²) in [6, 6.07) is 7.88. The van der Waals surface area contributed by atoms with Crippen LogP contribution in [0, 0.1) is 0 Å². The summed E-state index contributed by atoms with van der Waals surface area (Å²) in [7, 11) is 3.55. The molecule has 0 saturated carbocycles. The predicted octanol–water partition coefficient (Wildman–Crippen LogP) is 1.53. The molecule has 1 aromatic heterocycles. The first-order chi connectivity index (χ1) is 10.1. The van der Waals surface area contributed by atoms with Crippen LogP contribution in [0.3, 0.4) is 0 Å². The van der Waals surface area contributed by atoms with Crippen LogP contribution in [0.15, 0.2) is 29.4 Å². The summed E-state index contributed by atoms with van der Waals surface area (Å²) in [6.45, 7) is 0. The van der Waals surface area contributed by atoms with Gasteiger partial charge in [0.15, 0.2) is 5.16 Å². The third kappa shape index (κ3) is 3.98. The zero-order valence-electron chi connectivity index (χ0n) is 12.1. The van der Waals surface area contributed by atoms with Crippen LogP contribution in [0.4, 0.5) is 0 Å². The fourth-order valence-electron chi connectivity index (χ4n) is 1.89. The highest BCUT2D eigenvalue weighted by Gasteiger charge is 2.11. The Hall–Kier alpha value is -2.02. The summed E-state index contributed by atoms with van der Waals surface area (Å²) < 4.78 is 7.22. The molecule has 2 N–H and O–H groups in total. The van der Waals surface area contributed by atoms with E-state index in [9.17, 15) is 4.79 Å². The SMILES string of the molecule is COc1ccccc1CSc1nnc(CCC(N)=O)n1C. The van der Waals surface area contributed by atoms with Crippen molar-refractivity contribution >= 4 is 17.7 Å². The molecule has 0 atom stereocenters. The smallest absolute Gasteiger partial charge is 0.217 e. The molecule has 0 saturated heterocycles. The van der Waals surface area contributed by atoms with Gasteiger partial charge in [0.25, 0.3) is 0 Å². The van der Waals surface area contributed by atoms with E-state index in [0.717, 1.165) is 28.0 Å². The van der Waals surface area contributed by atoms with E-state index in [1.54, 1.807) is 18.9 Å². The van der Waals surface area contributed by atoms with Crippen molar-refractivity contribution in [3.63, 3.8) is 0 Å². The number of aromatic nitrogens is 3. The van der Waals surface area contributed by atoms with Crippen LogP contribution in [-0.2, 0) is 24.0 Å². The molecule has 2 aromatic rings. The number of hydrogen-bond acceptors (Lipinski definition) is 5. The van der Waals surface area contributed by atoms with E-state index in [0.29, 0.717) is 6.42 Å². The first-order valence-corrected chi connectivity index (χ1v) is 7.51. The van der Waals surface area contributed by atoms with Crippen molar-refractivity contribution in [2.45, 2.75) is 23.8 Å². The minimum atomic E-state index is -0.332. The Balaban J connectivity index is 2.02. The number of para-hydroxylation sites is 1. The number of carbonyl (C=O) groups is 1. The lowest BCUT2D eigenvalue weighted by atomic mass is 10.2. The van der Waals surface area contributed by atoms with Crippen molar-refractivity contribution in [2.75, 3.05) is 7.11 Å². The molecule has 2 rings (SSSR count). The second kappa shape index (κ2) is 7.12.